The maximum Gasteiger partial charge on any atom is 0.234 e. The van der Waals surface area contributed by atoms with Crippen LogP contribution in [0.1, 0.15) is 34.9 Å². The van der Waals surface area contributed by atoms with Crippen molar-refractivity contribution in [3.8, 4) is 5.75 Å². The molecule has 4 aromatic rings. The Labute approximate surface area is 216 Å². The van der Waals surface area contributed by atoms with E-state index in [4.69, 9.17) is 9.72 Å². The van der Waals surface area contributed by atoms with Gasteiger partial charge in [-0.05, 0) is 35.2 Å². The smallest absolute Gasteiger partial charge is 0.234 e. The van der Waals surface area contributed by atoms with E-state index in [1.807, 2.05) is 83.8 Å². The van der Waals surface area contributed by atoms with Crippen LogP contribution in [0.25, 0.3) is 0 Å². The summed E-state index contributed by atoms with van der Waals surface area (Å²) in [7, 11) is 1.67. The summed E-state index contributed by atoms with van der Waals surface area (Å²) in [6.45, 7) is 3.01. The second-order valence-electron chi connectivity index (χ2n) is 8.94. The van der Waals surface area contributed by atoms with Gasteiger partial charge in [0.1, 0.15) is 11.6 Å². The molecule has 1 fully saturated rings. The first-order valence-corrected chi connectivity index (χ1v) is 13.1. The predicted octanol–water partition coefficient (Wildman–Crippen LogP) is 5.01. The SMILES string of the molecule is COc1cccc(Cc2nsc(N3CCCN(C(=O)C(c4ccccc4)c4ccccc4)CC3)n2)c1. The fourth-order valence-electron chi connectivity index (χ4n) is 4.69. The highest BCUT2D eigenvalue weighted by molar-refractivity contribution is 7.09. The van der Waals surface area contributed by atoms with Crippen molar-refractivity contribution >= 4 is 22.6 Å². The van der Waals surface area contributed by atoms with Gasteiger partial charge in [0, 0.05) is 44.1 Å². The number of methoxy groups -OCH3 is 1. The van der Waals surface area contributed by atoms with E-state index >= 15 is 0 Å². The van der Waals surface area contributed by atoms with Crippen molar-refractivity contribution in [2.45, 2.75) is 18.8 Å². The number of hydrogen-bond donors (Lipinski definition) is 0. The number of rotatable bonds is 7. The van der Waals surface area contributed by atoms with Gasteiger partial charge < -0.3 is 14.5 Å². The van der Waals surface area contributed by atoms with E-state index in [1.165, 1.54) is 11.5 Å². The highest BCUT2D eigenvalue weighted by atomic mass is 32.1. The van der Waals surface area contributed by atoms with E-state index in [-0.39, 0.29) is 11.8 Å². The Balaban J connectivity index is 1.27. The second-order valence-corrected chi connectivity index (χ2v) is 9.67. The summed E-state index contributed by atoms with van der Waals surface area (Å²) in [5.41, 5.74) is 3.18. The summed E-state index contributed by atoms with van der Waals surface area (Å²) in [5, 5.41) is 0.921. The predicted molar refractivity (Wildman–Crippen MR) is 144 cm³/mol. The molecule has 1 aliphatic heterocycles. The molecule has 6 nitrogen and oxygen atoms in total. The highest BCUT2D eigenvalue weighted by Gasteiger charge is 2.29. The normalized spacial score (nSPS) is 14.1. The summed E-state index contributed by atoms with van der Waals surface area (Å²) in [6, 6.07) is 28.2. The Morgan fingerprint density at radius 3 is 2.33 bits per heavy atom. The minimum atomic E-state index is -0.296. The summed E-state index contributed by atoms with van der Waals surface area (Å²) in [4.78, 5) is 22.9. The van der Waals surface area contributed by atoms with Crippen molar-refractivity contribution in [1.29, 1.82) is 0 Å². The number of nitrogens with zero attached hydrogens (tertiary/aromatic N) is 4. The second kappa shape index (κ2) is 11.4. The van der Waals surface area contributed by atoms with Crippen molar-refractivity contribution in [2.24, 2.45) is 0 Å². The van der Waals surface area contributed by atoms with Crippen molar-refractivity contribution in [1.82, 2.24) is 14.3 Å². The van der Waals surface area contributed by atoms with Crippen molar-refractivity contribution in [3.63, 3.8) is 0 Å². The number of aromatic nitrogens is 2. The van der Waals surface area contributed by atoms with Crippen molar-refractivity contribution in [2.75, 3.05) is 38.2 Å². The molecule has 1 saturated heterocycles. The van der Waals surface area contributed by atoms with Gasteiger partial charge in [-0.15, -0.1) is 0 Å². The molecule has 3 aromatic carbocycles. The maximum absolute atomic E-state index is 13.8. The fourth-order valence-corrected chi connectivity index (χ4v) is 5.43. The molecular weight excluding hydrogens is 468 g/mol. The zero-order valence-corrected chi connectivity index (χ0v) is 21.2. The third kappa shape index (κ3) is 5.57. The van der Waals surface area contributed by atoms with Crippen LogP contribution in [0.4, 0.5) is 5.13 Å². The molecule has 0 N–H and O–H groups in total. The highest BCUT2D eigenvalue weighted by Crippen LogP contribution is 2.28. The lowest BCUT2D eigenvalue weighted by molar-refractivity contribution is -0.131. The lowest BCUT2D eigenvalue weighted by atomic mass is 9.90. The molecule has 0 radical (unpaired) electrons. The molecule has 1 amide bonds. The monoisotopic (exact) mass is 498 g/mol. The molecule has 0 aliphatic carbocycles. The fraction of sp³-hybridized carbons (Fsp3) is 0.276. The standard InChI is InChI=1S/C29H30N4O2S/c1-35-25-15-8-10-22(20-25)21-26-30-29(36-31-26)33-17-9-16-32(18-19-33)28(34)27(23-11-4-2-5-12-23)24-13-6-3-7-14-24/h2-8,10-15,20,27H,9,16-19,21H2,1H3. The largest absolute Gasteiger partial charge is 0.497 e. The van der Waals surface area contributed by atoms with Crippen LogP contribution in [0.15, 0.2) is 84.9 Å². The number of hydrogen-bond acceptors (Lipinski definition) is 6. The molecule has 1 aromatic heterocycles. The number of benzene rings is 3. The van der Waals surface area contributed by atoms with Gasteiger partial charge in [-0.1, -0.05) is 72.8 Å². The number of amides is 1. The Morgan fingerprint density at radius 2 is 1.64 bits per heavy atom. The Bertz CT molecular complexity index is 1240. The molecule has 184 valence electrons. The van der Waals surface area contributed by atoms with E-state index in [9.17, 15) is 4.79 Å². The van der Waals surface area contributed by atoms with Crippen LogP contribution in [0.3, 0.4) is 0 Å². The minimum Gasteiger partial charge on any atom is -0.497 e. The molecule has 0 bridgehead atoms. The van der Waals surface area contributed by atoms with E-state index < -0.39 is 0 Å². The van der Waals surface area contributed by atoms with Gasteiger partial charge in [-0.2, -0.15) is 4.37 Å². The van der Waals surface area contributed by atoms with Gasteiger partial charge in [0.15, 0.2) is 0 Å². The average molecular weight is 499 g/mol. The Morgan fingerprint density at radius 1 is 0.917 bits per heavy atom. The first-order chi connectivity index (χ1) is 17.7. The molecule has 5 rings (SSSR count). The molecule has 36 heavy (non-hydrogen) atoms. The van der Waals surface area contributed by atoms with Crippen molar-refractivity contribution in [3.05, 3.63) is 107 Å². The first kappa shape index (κ1) is 24.0. The van der Waals surface area contributed by atoms with Crippen LogP contribution in [-0.4, -0.2) is 53.5 Å². The molecule has 1 aliphatic rings. The molecular formula is C29H30N4O2S. The van der Waals surface area contributed by atoms with Gasteiger partial charge in [-0.3, -0.25) is 4.79 Å². The van der Waals surface area contributed by atoms with Crippen LogP contribution in [-0.2, 0) is 11.2 Å². The van der Waals surface area contributed by atoms with Crippen LogP contribution in [0.5, 0.6) is 5.75 Å². The lowest BCUT2D eigenvalue weighted by Gasteiger charge is -2.27. The third-order valence-corrected chi connectivity index (χ3v) is 7.36. The average Bonchev–Trinajstić information content (AvgIpc) is 3.24. The van der Waals surface area contributed by atoms with Crippen LogP contribution < -0.4 is 9.64 Å². The summed E-state index contributed by atoms with van der Waals surface area (Å²) >= 11 is 1.43. The third-order valence-electron chi connectivity index (χ3n) is 6.54. The van der Waals surface area contributed by atoms with Crippen LogP contribution >= 0.6 is 11.5 Å². The van der Waals surface area contributed by atoms with Crippen LogP contribution in [0.2, 0.25) is 0 Å². The van der Waals surface area contributed by atoms with Gasteiger partial charge >= 0.3 is 0 Å². The molecule has 0 saturated carbocycles. The number of carbonyl (C=O) groups excluding carboxylic acids is 1. The quantitative estimate of drug-likeness (QED) is 0.359. The summed E-state index contributed by atoms with van der Waals surface area (Å²) < 4.78 is 9.93. The van der Waals surface area contributed by atoms with Crippen LogP contribution in [0, 0.1) is 0 Å². The molecule has 0 atom stereocenters. The number of anilines is 1. The zero-order valence-electron chi connectivity index (χ0n) is 20.4. The number of carbonyl (C=O) groups is 1. The summed E-state index contributed by atoms with van der Waals surface area (Å²) in [6.07, 6.45) is 1.56. The van der Waals surface area contributed by atoms with Crippen molar-refractivity contribution < 1.29 is 9.53 Å². The Kier molecular flexibility index (Phi) is 7.57. The van der Waals surface area contributed by atoms with Gasteiger partial charge in [0.05, 0.1) is 13.0 Å². The van der Waals surface area contributed by atoms with Gasteiger partial charge in [0.25, 0.3) is 0 Å². The van der Waals surface area contributed by atoms with Gasteiger partial charge in [-0.25, -0.2) is 4.98 Å². The molecule has 0 unspecified atom stereocenters. The van der Waals surface area contributed by atoms with E-state index in [0.29, 0.717) is 13.0 Å². The van der Waals surface area contributed by atoms with E-state index in [2.05, 4.69) is 15.3 Å². The van der Waals surface area contributed by atoms with E-state index in [0.717, 1.165) is 59.5 Å². The summed E-state index contributed by atoms with van der Waals surface area (Å²) in [5.74, 6) is 1.51. The zero-order chi connectivity index (χ0) is 24.7. The topological polar surface area (TPSA) is 58.6 Å². The molecule has 7 heteroatoms. The first-order valence-electron chi connectivity index (χ1n) is 12.3. The van der Waals surface area contributed by atoms with Gasteiger partial charge in [0.2, 0.25) is 11.0 Å². The number of ether oxygens (including phenoxy) is 1. The van der Waals surface area contributed by atoms with E-state index in [1.54, 1.807) is 7.11 Å². The minimum absolute atomic E-state index is 0.158. The maximum atomic E-state index is 13.8. The lowest BCUT2D eigenvalue weighted by Crippen LogP contribution is -2.38. The molecule has 2 heterocycles. The Hall–Kier alpha value is -3.71. The molecule has 0 spiro atoms.